The first-order valence-corrected chi connectivity index (χ1v) is 8.11. The Morgan fingerprint density at radius 2 is 1.73 bits per heavy atom. The Morgan fingerprint density at radius 3 is 2.27 bits per heavy atom. The average Bonchev–Trinajstić information content (AvgIpc) is 3.07. The molecule has 0 radical (unpaired) electrons. The summed E-state index contributed by atoms with van der Waals surface area (Å²) in [5, 5.41) is 13.0. The third-order valence-electron chi connectivity index (χ3n) is 4.38. The zero-order chi connectivity index (χ0) is 18.9. The molecule has 0 aliphatic carbocycles. The number of carbonyl (C=O) groups is 2. The van der Waals surface area contributed by atoms with Crippen molar-refractivity contribution in [3.63, 3.8) is 0 Å². The Kier molecular flexibility index (Phi) is 4.58. The number of fused-ring (bicyclic) bond motifs is 1. The zero-order valence-corrected chi connectivity index (χ0v) is 14.9. The minimum atomic E-state index is -1.70. The van der Waals surface area contributed by atoms with Gasteiger partial charge >= 0.3 is 11.9 Å². The Labute approximate surface area is 155 Å². The number of anilines is 1. The van der Waals surface area contributed by atoms with Crippen LogP contribution in [-0.2, 0) is 25.5 Å². The van der Waals surface area contributed by atoms with Crippen LogP contribution in [0, 0.1) is 11.3 Å². The first kappa shape index (κ1) is 17.8. The molecule has 0 saturated heterocycles. The minimum absolute atomic E-state index is 0.0256. The number of methoxy groups -OCH3 is 2. The lowest BCUT2D eigenvalue weighted by Crippen LogP contribution is -2.53. The van der Waals surface area contributed by atoms with Crippen LogP contribution in [0.25, 0.3) is 11.1 Å². The van der Waals surface area contributed by atoms with Gasteiger partial charge in [0.2, 0.25) is 5.54 Å². The molecule has 2 aromatic carbocycles. The summed E-state index contributed by atoms with van der Waals surface area (Å²) in [5.41, 5.74) is 1.36. The Balaban J connectivity index is 2.12. The Morgan fingerprint density at radius 1 is 1.12 bits per heavy atom. The summed E-state index contributed by atoms with van der Waals surface area (Å²) < 4.78 is 9.59. The van der Waals surface area contributed by atoms with Gasteiger partial charge in [0.05, 0.1) is 25.5 Å². The van der Waals surface area contributed by atoms with Crippen LogP contribution in [0.1, 0.15) is 11.1 Å². The molecule has 26 heavy (non-hydrogen) atoms. The van der Waals surface area contributed by atoms with E-state index >= 15 is 0 Å². The maximum atomic E-state index is 12.3. The number of ether oxygens (including phenoxy) is 2. The second-order valence-corrected chi connectivity index (χ2v) is 6.30. The highest BCUT2D eigenvalue weighted by atomic mass is 35.5. The molecule has 3 rings (SSSR count). The number of nitrogens with one attached hydrogen (secondary N) is 1. The maximum absolute atomic E-state index is 12.3. The lowest BCUT2D eigenvalue weighted by atomic mass is 9.93. The number of nitrogens with zero attached hydrogens (tertiary/aromatic N) is 1. The highest BCUT2D eigenvalue weighted by molar-refractivity contribution is 6.30. The normalized spacial score (nSPS) is 13.9. The number of hydrogen-bond acceptors (Lipinski definition) is 6. The summed E-state index contributed by atoms with van der Waals surface area (Å²) in [6, 6.07) is 12.8. The number of benzene rings is 2. The van der Waals surface area contributed by atoms with Crippen LogP contribution in [0.5, 0.6) is 0 Å². The Bertz CT molecular complexity index is 916. The van der Waals surface area contributed by atoms with Gasteiger partial charge in [-0.15, -0.1) is 0 Å². The molecule has 0 atom stereocenters. The summed E-state index contributed by atoms with van der Waals surface area (Å²) in [5.74, 6) is -1.53. The van der Waals surface area contributed by atoms with E-state index in [0.717, 1.165) is 11.1 Å². The SMILES string of the molecule is COC(=O)C1(C(=O)OC)Cc2cc(-c3ccc(Cl)cc3)cc(C#N)c2N1. The lowest BCUT2D eigenvalue weighted by Gasteiger charge is -2.23. The van der Waals surface area contributed by atoms with Gasteiger partial charge in [0.1, 0.15) is 6.07 Å². The molecule has 1 heterocycles. The smallest absolute Gasteiger partial charge is 0.343 e. The fourth-order valence-corrected chi connectivity index (χ4v) is 3.23. The van der Waals surface area contributed by atoms with E-state index in [9.17, 15) is 14.9 Å². The summed E-state index contributed by atoms with van der Waals surface area (Å²) in [7, 11) is 2.39. The number of carbonyl (C=O) groups excluding carboxylic acids is 2. The zero-order valence-electron chi connectivity index (χ0n) is 14.1. The van der Waals surface area contributed by atoms with Crippen LogP contribution in [-0.4, -0.2) is 31.7 Å². The van der Waals surface area contributed by atoms with Gasteiger partial charge < -0.3 is 14.8 Å². The molecular formula is C19H15ClN2O4. The molecule has 0 amide bonds. The van der Waals surface area contributed by atoms with Crippen molar-refractivity contribution in [1.29, 1.82) is 5.26 Å². The molecule has 0 saturated carbocycles. The second kappa shape index (κ2) is 6.70. The van der Waals surface area contributed by atoms with E-state index < -0.39 is 17.5 Å². The number of halogens is 1. The molecule has 132 valence electrons. The molecule has 7 heteroatoms. The number of nitriles is 1. The molecule has 2 aromatic rings. The van der Waals surface area contributed by atoms with Crippen LogP contribution in [0.4, 0.5) is 5.69 Å². The number of rotatable bonds is 3. The van der Waals surface area contributed by atoms with Gasteiger partial charge in [0, 0.05) is 11.4 Å². The first-order chi connectivity index (χ1) is 12.4. The summed E-state index contributed by atoms with van der Waals surface area (Å²) in [6.07, 6.45) is 0.0256. The monoisotopic (exact) mass is 370 g/mol. The highest BCUT2D eigenvalue weighted by Crippen LogP contribution is 2.39. The number of esters is 2. The van der Waals surface area contributed by atoms with E-state index in [0.29, 0.717) is 21.8 Å². The molecule has 0 bridgehead atoms. The summed E-state index contributed by atoms with van der Waals surface area (Å²) in [6.45, 7) is 0. The van der Waals surface area contributed by atoms with E-state index in [1.165, 1.54) is 14.2 Å². The van der Waals surface area contributed by atoms with E-state index in [1.807, 2.05) is 18.2 Å². The van der Waals surface area contributed by atoms with Gasteiger partial charge in [-0.3, -0.25) is 0 Å². The Hall–Kier alpha value is -3.04. The fraction of sp³-hybridized carbons (Fsp3) is 0.211. The third-order valence-corrected chi connectivity index (χ3v) is 4.63. The predicted molar refractivity (Wildman–Crippen MR) is 95.7 cm³/mol. The molecule has 1 aliphatic heterocycles. The summed E-state index contributed by atoms with van der Waals surface area (Å²) in [4.78, 5) is 24.6. The van der Waals surface area contributed by atoms with Gasteiger partial charge in [-0.2, -0.15) is 5.26 Å². The van der Waals surface area contributed by atoms with E-state index in [1.54, 1.807) is 18.2 Å². The van der Waals surface area contributed by atoms with E-state index in [4.69, 9.17) is 21.1 Å². The van der Waals surface area contributed by atoms with Gasteiger partial charge in [-0.25, -0.2) is 9.59 Å². The molecule has 0 spiro atoms. The van der Waals surface area contributed by atoms with Crippen molar-refractivity contribution >= 4 is 29.2 Å². The van der Waals surface area contributed by atoms with Gasteiger partial charge in [-0.05, 0) is 41.0 Å². The van der Waals surface area contributed by atoms with Crippen molar-refractivity contribution in [2.24, 2.45) is 0 Å². The van der Waals surface area contributed by atoms with E-state index in [-0.39, 0.29) is 6.42 Å². The molecule has 1 N–H and O–H groups in total. The third kappa shape index (κ3) is 2.76. The molecule has 0 unspecified atom stereocenters. The maximum Gasteiger partial charge on any atom is 0.343 e. The largest absolute Gasteiger partial charge is 0.467 e. The molecule has 0 fully saturated rings. The molecule has 6 nitrogen and oxygen atoms in total. The lowest BCUT2D eigenvalue weighted by molar-refractivity contribution is -0.159. The first-order valence-electron chi connectivity index (χ1n) is 7.73. The fourth-order valence-electron chi connectivity index (χ4n) is 3.11. The van der Waals surface area contributed by atoms with Crippen LogP contribution in [0.3, 0.4) is 0 Å². The van der Waals surface area contributed by atoms with Crippen LogP contribution >= 0.6 is 11.6 Å². The highest BCUT2D eigenvalue weighted by Gasteiger charge is 2.53. The van der Waals surface area contributed by atoms with Gasteiger partial charge in [0.25, 0.3) is 0 Å². The summed E-state index contributed by atoms with van der Waals surface area (Å²) >= 11 is 5.93. The standard InChI is InChI=1S/C19H15ClN2O4/c1-25-17(23)19(18(24)26-2)9-13-7-12(8-14(10-21)16(13)22-19)11-3-5-15(20)6-4-11/h3-8,22H,9H2,1-2H3. The topological polar surface area (TPSA) is 88.4 Å². The van der Waals surface area contributed by atoms with Crippen LogP contribution < -0.4 is 5.32 Å². The second-order valence-electron chi connectivity index (χ2n) is 5.87. The average molecular weight is 371 g/mol. The van der Waals surface area contributed by atoms with Crippen molar-refractivity contribution < 1.29 is 19.1 Å². The van der Waals surface area contributed by atoms with Crippen molar-refractivity contribution in [2.45, 2.75) is 12.0 Å². The van der Waals surface area contributed by atoms with Crippen LogP contribution in [0.2, 0.25) is 5.02 Å². The van der Waals surface area contributed by atoms with Crippen molar-refractivity contribution in [1.82, 2.24) is 0 Å². The van der Waals surface area contributed by atoms with Crippen molar-refractivity contribution in [2.75, 3.05) is 19.5 Å². The van der Waals surface area contributed by atoms with Crippen molar-refractivity contribution in [3.05, 3.63) is 52.5 Å². The quantitative estimate of drug-likeness (QED) is 0.660. The molecular weight excluding hydrogens is 356 g/mol. The van der Waals surface area contributed by atoms with Gasteiger partial charge in [0.15, 0.2) is 0 Å². The predicted octanol–water partition coefficient (Wildman–Crippen LogP) is 2.93. The number of hydrogen-bond donors (Lipinski definition) is 1. The van der Waals surface area contributed by atoms with Gasteiger partial charge in [-0.1, -0.05) is 23.7 Å². The van der Waals surface area contributed by atoms with E-state index in [2.05, 4.69) is 11.4 Å². The molecule has 1 aliphatic rings. The van der Waals surface area contributed by atoms with Crippen molar-refractivity contribution in [3.8, 4) is 17.2 Å². The minimum Gasteiger partial charge on any atom is -0.467 e. The molecule has 0 aromatic heterocycles. The van der Waals surface area contributed by atoms with Crippen LogP contribution in [0.15, 0.2) is 36.4 Å².